The van der Waals surface area contributed by atoms with Gasteiger partial charge in [0.2, 0.25) is 0 Å². The summed E-state index contributed by atoms with van der Waals surface area (Å²) in [6.07, 6.45) is 4.30. The molecule has 0 aliphatic carbocycles. The Morgan fingerprint density at radius 3 is 2.86 bits per heavy atom. The molecule has 0 unspecified atom stereocenters. The highest BCUT2D eigenvalue weighted by Gasteiger charge is 2.12. The van der Waals surface area contributed by atoms with E-state index in [4.69, 9.17) is 11.6 Å². The molecule has 2 heterocycles. The van der Waals surface area contributed by atoms with Gasteiger partial charge in [-0.2, -0.15) is 0 Å². The highest BCUT2D eigenvalue weighted by molar-refractivity contribution is 14.1. The van der Waals surface area contributed by atoms with Crippen molar-refractivity contribution >= 4 is 45.2 Å². The van der Waals surface area contributed by atoms with E-state index in [1.54, 1.807) is 16.9 Å². The summed E-state index contributed by atoms with van der Waals surface area (Å²) in [6.45, 7) is 1.45. The van der Waals surface area contributed by atoms with Gasteiger partial charge in [-0.05, 0) is 35.1 Å². The first-order valence-electron chi connectivity index (χ1n) is 6.43. The summed E-state index contributed by atoms with van der Waals surface area (Å²) in [5.41, 5.74) is 1.55. The summed E-state index contributed by atoms with van der Waals surface area (Å²) in [4.78, 5) is 4.47. The monoisotopic (exact) mass is 419 g/mol. The van der Waals surface area contributed by atoms with Gasteiger partial charge < -0.3 is 4.57 Å². The van der Waals surface area contributed by atoms with Gasteiger partial charge in [0.25, 0.3) is 0 Å². The molecule has 0 radical (unpaired) electrons. The quantitative estimate of drug-likeness (QED) is 0.471. The molecule has 3 rings (SSSR count). The van der Waals surface area contributed by atoms with E-state index >= 15 is 0 Å². The van der Waals surface area contributed by atoms with Crippen molar-refractivity contribution in [3.05, 3.63) is 39.7 Å². The number of imidazole rings is 1. The van der Waals surface area contributed by atoms with E-state index in [2.05, 4.69) is 15.3 Å². The van der Waals surface area contributed by atoms with E-state index in [-0.39, 0.29) is 5.82 Å². The molecule has 0 spiro atoms. The maximum atomic E-state index is 13.8. The third-order valence-electron chi connectivity index (χ3n) is 3.23. The average Bonchev–Trinajstić information content (AvgIpc) is 3.08. The summed E-state index contributed by atoms with van der Waals surface area (Å²) in [5, 5.41) is 7.69. The molecule has 0 fully saturated rings. The molecular formula is C13H12ClFIN5. The van der Waals surface area contributed by atoms with Crippen LogP contribution in [0.2, 0.25) is 0 Å². The SMILES string of the molecule is Fc1cc2c(cc1I)nc(CCl)n2CCCn1ccnn1. The molecule has 0 N–H and O–H groups in total. The number of halogens is 3. The Hall–Kier alpha value is -1.22. The molecule has 0 saturated carbocycles. The van der Waals surface area contributed by atoms with Crippen LogP contribution in [-0.2, 0) is 19.0 Å². The summed E-state index contributed by atoms with van der Waals surface area (Å²) >= 11 is 7.92. The normalized spacial score (nSPS) is 11.4. The van der Waals surface area contributed by atoms with E-state index in [1.165, 1.54) is 6.07 Å². The fraction of sp³-hybridized carbons (Fsp3) is 0.308. The van der Waals surface area contributed by atoms with Crippen LogP contribution in [0.1, 0.15) is 12.2 Å². The van der Waals surface area contributed by atoms with E-state index in [0.29, 0.717) is 16.0 Å². The number of hydrogen-bond donors (Lipinski definition) is 0. The second kappa shape index (κ2) is 6.27. The molecule has 5 nitrogen and oxygen atoms in total. The number of benzene rings is 1. The van der Waals surface area contributed by atoms with Crippen molar-refractivity contribution < 1.29 is 4.39 Å². The molecule has 2 aromatic heterocycles. The van der Waals surface area contributed by atoms with Crippen molar-refractivity contribution in [1.29, 1.82) is 0 Å². The summed E-state index contributed by atoms with van der Waals surface area (Å²) < 4.78 is 18.1. The van der Waals surface area contributed by atoms with Gasteiger partial charge >= 0.3 is 0 Å². The molecule has 110 valence electrons. The van der Waals surface area contributed by atoms with E-state index in [0.717, 1.165) is 29.8 Å². The van der Waals surface area contributed by atoms with Gasteiger partial charge in [-0.15, -0.1) is 16.7 Å². The minimum atomic E-state index is -0.235. The van der Waals surface area contributed by atoms with Crippen molar-refractivity contribution in [2.24, 2.45) is 0 Å². The Morgan fingerprint density at radius 1 is 1.29 bits per heavy atom. The Bertz CT molecular complexity index is 756. The average molecular weight is 420 g/mol. The highest BCUT2D eigenvalue weighted by Crippen LogP contribution is 2.23. The third-order valence-corrected chi connectivity index (χ3v) is 4.30. The number of fused-ring (bicyclic) bond motifs is 1. The van der Waals surface area contributed by atoms with Crippen LogP contribution in [0.3, 0.4) is 0 Å². The first kappa shape index (κ1) is 14.7. The van der Waals surface area contributed by atoms with Gasteiger partial charge in [0.05, 0.1) is 26.7 Å². The number of rotatable bonds is 5. The molecule has 0 atom stereocenters. The van der Waals surface area contributed by atoms with Crippen LogP contribution < -0.4 is 0 Å². The van der Waals surface area contributed by atoms with Crippen molar-refractivity contribution in [3.8, 4) is 0 Å². The summed E-state index contributed by atoms with van der Waals surface area (Å²) in [7, 11) is 0. The maximum Gasteiger partial charge on any atom is 0.138 e. The van der Waals surface area contributed by atoms with Crippen LogP contribution in [0.5, 0.6) is 0 Å². The lowest BCUT2D eigenvalue weighted by Crippen LogP contribution is -2.07. The molecule has 0 bridgehead atoms. The van der Waals surface area contributed by atoms with Crippen LogP contribution in [0, 0.1) is 9.39 Å². The lowest BCUT2D eigenvalue weighted by Gasteiger charge is -2.08. The fourth-order valence-corrected chi connectivity index (χ4v) is 2.92. The molecule has 8 heteroatoms. The van der Waals surface area contributed by atoms with Gasteiger partial charge in [-0.3, -0.25) is 4.68 Å². The zero-order chi connectivity index (χ0) is 14.8. The predicted octanol–water partition coefficient (Wildman–Crippen LogP) is 3.20. The summed E-state index contributed by atoms with van der Waals surface area (Å²) in [5.74, 6) is 0.823. The summed E-state index contributed by atoms with van der Waals surface area (Å²) in [6, 6.07) is 3.27. The first-order valence-corrected chi connectivity index (χ1v) is 8.04. The molecule has 0 aliphatic rings. The van der Waals surface area contributed by atoms with Crippen molar-refractivity contribution in [3.63, 3.8) is 0 Å². The van der Waals surface area contributed by atoms with Gasteiger partial charge in [0.15, 0.2) is 0 Å². The number of aromatic nitrogens is 5. The van der Waals surface area contributed by atoms with Crippen LogP contribution in [0.4, 0.5) is 4.39 Å². The molecule has 1 aromatic carbocycles. The van der Waals surface area contributed by atoms with Gasteiger partial charge in [-0.25, -0.2) is 9.37 Å². The predicted molar refractivity (Wildman–Crippen MR) is 86.6 cm³/mol. The number of hydrogen-bond acceptors (Lipinski definition) is 3. The second-order valence-electron chi connectivity index (χ2n) is 4.59. The number of alkyl halides is 1. The van der Waals surface area contributed by atoms with Crippen LogP contribution in [0.25, 0.3) is 11.0 Å². The minimum Gasteiger partial charge on any atom is -0.327 e. The number of nitrogens with zero attached hydrogens (tertiary/aromatic N) is 5. The van der Waals surface area contributed by atoms with Gasteiger partial charge in [0, 0.05) is 25.4 Å². The zero-order valence-electron chi connectivity index (χ0n) is 11.0. The Kier molecular flexibility index (Phi) is 4.39. The first-order chi connectivity index (χ1) is 10.2. The van der Waals surface area contributed by atoms with E-state index < -0.39 is 0 Å². The Morgan fingerprint density at radius 2 is 2.14 bits per heavy atom. The van der Waals surface area contributed by atoms with Crippen molar-refractivity contribution in [2.45, 2.75) is 25.4 Å². The minimum absolute atomic E-state index is 0.235. The molecule has 0 aliphatic heterocycles. The van der Waals surface area contributed by atoms with Crippen LogP contribution in [-0.4, -0.2) is 24.5 Å². The number of aryl methyl sites for hydroxylation is 2. The highest BCUT2D eigenvalue weighted by atomic mass is 127. The maximum absolute atomic E-state index is 13.8. The lowest BCUT2D eigenvalue weighted by atomic mass is 10.3. The van der Waals surface area contributed by atoms with E-state index in [1.807, 2.05) is 33.4 Å². The molecular weight excluding hydrogens is 408 g/mol. The van der Waals surface area contributed by atoms with Gasteiger partial charge in [-0.1, -0.05) is 5.21 Å². The second-order valence-corrected chi connectivity index (χ2v) is 6.02. The van der Waals surface area contributed by atoms with Crippen molar-refractivity contribution in [2.75, 3.05) is 0 Å². The zero-order valence-corrected chi connectivity index (χ0v) is 13.9. The van der Waals surface area contributed by atoms with Gasteiger partial charge in [0.1, 0.15) is 11.6 Å². The van der Waals surface area contributed by atoms with Crippen molar-refractivity contribution in [1.82, 2.24) is 24.5 Å². The molecule has 3 aromatic rings. The Labute approximate surface area is 139 Å². The topological polar surface area (TPSA) is 48.5 Å². The van der Waals surface area contributed by atoms with Crippen LogP contribution >= 0.6 is 34.2 Å². The Balaban J connectivity index is 1.87. The van der Waals surface area contributed by atoms with E-state index in [9.17, 15) is 4.39 Å². The lowest BCUT2D eigenvalue weighted by molar-refractivity contribution is 0.514. The standard InChI is InChI=1S/C13H12ClFIN5/c14-8-13-18-11-7-10(16)9(15)6-12(11)21(13)4-1-3-20-5-2-17-19-20/h2,5-7H,1,3-4,8H2. The van der Waals surface area contributed by atoms with Crippen LogP contribution in [0.15, 0.2) is 24.5 Å². The molecule has 0 amide bonds. The largest absolute Gasteiger partial charge is 0.327 e. The fourth-order valence-electron chi connectivity index (χ4n) is 2.26. The molecule has 0 saturated heterocycles. The molecule has 21 heavy (non-hydrogen) atoms. The smallest absolute Gasteiger partial charge is 0.138 e. The third kappa shape index (κ3) is 3.03.